The fourth-order valence-electron chi connectivity index (χ4n) is 2.37. The molecular weight excluding hydrogens is 359 g/mol. The van der Waals surface area contributed by atoms with Gasteiger partial charge in [-0.2, -0.15) is 5.10 Å². The number of carbonyl (C=O) groups is 1. The number of hydrogen-bond donors (Lipinski definition) is 1. The van der Waals surface area contributed by atoms with Crippen LogP contribution in [-0.2, 0) is 0 Å². The van der Waals surface area contributed by atoms with Gasteiger partial charge in [-0.25, -0.2) is 4.68 Å². The van der Waals surface area contributed by atoms with Gasteiger partial charge in [0.2, 0.25) is 0 Å². The molecule has 1 amide bonds. The number of carbonyl (C=O) groups excluding carboxylic acids is 1. The predicted molar refractivity (Wildman–Crippen MR) is 102 cm³/mol. The van der Waals surface area contributed by atoms with E-state index in [0.717, 1.165) is 11.4 Å². The van der Waals surface area contributed by atoms with Gasteiger partial charge in [0.25, 0.3) is 5.91 Å². The van der Waals surface area contributed by atoms with Crippen LogP contribution in [0, 0.1) is 0 Å². The van der Waals surface area contributed by atoms with Crippen molar-refractivity contribution in [1.29, 1.82) is 0 Å². The maximum atomic E-state index is 12.6. The SMILES string of the molecule is CN(C)c1ccc(Cl)cc1NC(=O)c1cnn(-c2ccc(Cl)cc2)c1. The third-order valence-corrected chi connectivity index (χ3v) is 4.11. The Hall–Kier alpha value is -2.50. The number of nitrogens with zero attached hydrogens (tertiary/aromatic N) is 3. The highest BCUT2D eigenvalue weighted by Crippen LogP contribution is 2.28. The molecule has 5 nitrogen and oxygen atoms in total. The van der Waals surface area contributed by atoms with Crippen molar-refractivity contribution in [1.82, 2.24) is 9.78 Å². The van der Waals surface area contributed by atoms with E-state index in [2.05, 4.69) is 10.4 Å². The molecule has 0 bridgehead atoms. The van der Waals surface area contributed by atoms with Crippen LogP contribution in [0.4, 0.5) is 11.4 Å². The van der Waals surface area contributed by atoms with Gasteiger partial charge < -0.3 is 10.2 Å². The molecule has 0 spiro atoms. The van der Waals surface area contributed by atoms with E-state index in [1.165, 1.54) is 6.20 Å². The summed E-state index contributed by atoms with van der Waals surface area (Å²) in [5.41, 5.74) is 2.77. The first-order chi connectivity index (χ1) is 11.9. The Labute approximate surface area is 155 Å². The molecule has 0 saturated heterocycles. The van der Waals surface area contributed by atoms with Crippen molar-refractivity contribution in [3.8, 4) is 5.69 Å². The molecule has 25 heavy (non-hydrogen) atoms. The van der Waals surface area contributed by atoms with Crippen LogP contribution >= 0.6 is 23.2 Å². The molecule has 1 aromatic heterocycles. The lowest BCUT2D eigenvalue weighted by Gasteiger charge is -2.18. The number of rotatable bonds is 4. The van der Waals surface area contributed by atoms with Crippen LogP contribution in [0.25, 0.3) is 5.69 Å². The summed E-state index contributed by atoms with van der Waals surface area (Å²) in [4.78, 5) is 14.5. The Balaban J connectivity index is 1.83. The van der Waals surface area contributed by atoms with E-state index in [9.17, 15) is 4.79 Å². The number of amides is 1. The largest absolute Gasteiger partial charge is 0.376 e. The zero-order valence-electron chi connectivity index (χ0n) is 13.7. The first kappa shape index (κ1) is 17.3. The number of nitrogens with one attached hydrogen (secondary N) is 1. The number of halogens is 2. The van der Waals surface area contributed by atoms with E-state index in [-0.39, 0.29) is 5.91 Å². The van der Waals surface area contributed by atoms with Gasteiger partial charge in [0.15, 0.2) is 0 Å². The van der Waals surface area contributed by atoms with Crippen molar-refractivity contribution in [3.05, 3.63) is 70.5 Å². The normalized spacial score (nSPS) is 10.6. The maximum Gasteiger partial charge on any atom is 0.258 e. The molecule has 0 aliphatic rings. The molecule has 0 radical (unpaired) electrons. The first-order valence-electron chi connectivity index (χ1n) is 7.53. The Kier molecular flexibility index (Phi) is 4.97. The van der Waals surface area contributed by atoms with Crippen LogP contribution in [-0.4, -0.2) is 29.8 Å². The van der Waals surface area contributed by atoms with E-state index in [4.69, 9.17) is 23.2 Å². The minimum absolute atomic E-state index is 0.259. The lowest BCUT2D eigenvalue weighted by molar-refractivity contribution is 0.102. The van der Waals surface area contributed by atoms with Crippen LogP contribution in [0.2, 0.25) is 10.0 Å². The van der Waals surface area contributed by atoms with Gasteiger partial charge in [0.1, 0.15) is 0 Å². The molecule has 1 N–H and O–H groups in total. The molecule has 2 aromatic carbocycles. The molecule has 0 unspecified atom stereocenters. The standard InChI is InChI=1S/C18H16Cl2N4O/c1-23(2)17-8-5-14(20)9-16(17)22-18(25)12-10-21-24(11-12)15-6-3-13(19)4-7-15/h3-11H,1-2H3,(H,22,25). The molecule has 0 aliphatic heterocycles. The second kappa shape index (κ2) is 7.17. The third kappa shape index (κ3) is 3.95. The minimum Gasteiger partial charge on any atom is -0.376 e. The number of benzene rings is 2. The highest BCUT2D eigenvalue weighted by molar-refractivity contribution is 6.31. The number of anilines is 2. The fourth-order valence-corrected chi connectivity index (χ4v) is 2.67. The maximum absolute atomic E-state index is 12.6. The smallest absolute Gasteiger partial charge is 0.258 e. The van der Waals surface area contributed by atoms with E-state index in [1.54, 1.807) is 35.1 Å². The van der Waals surface area contributed by atoms with Gasteiger partial charge in [-0.3, -0.25) is 4.79 Å². The summed E-state index contributed by atoms with van der Waals surface area (Å²) in [5.74, 6) is -0.259. The lowest BCUT2D eigenvalue weighted by atomic mass is 10.2. The average Bonchev–Trinajstić information content (AvgIpc) is 3.05. The Morgan fingerprint density at radius 2 is 1.76 bits per heavy atom. The third-order valence-electron chi connectivity index (χ3n) is 3.62. The van der Waals surface area contributed by atoms with Gasteiger partial charge >= 0.3 is 0 Å². The second-order valence-electron chi connectivity index (χ2n) is 5.66. The number of hydrogen-bond acceptors (Lipinski definition) is 3. The van der Waals surface area contributed by atoms with Gasteiger partial charge in [0.05, 0.1) is 28.8 Å². The highest BCUT2D eigenvalue weighted by Gasteiger charge is 2.13. The molecule has 0 atom stereocenters. The molecular formula is C18H16Cl2N4O. The van der Waals surface area contributed by atoms with Crippen molar-refractivity contribution in [2.45, 2.75) is 0 Å². The quantitative estimate of drug-likeness (QED) is 0.731. The van der Waals surface area contributed by atoms with E-state index < -0.39 is 0 Å². The average molecular weight is 375 g/mol. The molecule has 7 heteroatoms. The van der Waals surface area contributed by atoms with Gasteiger partial charge in [-0.15, -0.1) is 0 Å². The van der Waals surface area contributed by atoms with Gasteiger partial charge in [-0.05, 0) is 42.5 Å². The van der Waals surface area contributed by atoms with Crippen LogP contribution in [0.1, 0.15) is 10.4 Å². The molecule has 3 aromatic rings. The second-order valence-corrected chi connectivity index (χ2v) is 6.53. The summed E-state index contributed by atoms with van der Waals surface area (Å²) >= 11 is 11.9. The van der Waals surface area contributed by atoms with Gasteiger partial charge in [0, 0.05) is 30.3 Å². The van der Waals surface area contributed by atoms with E-state index in [1.807, 2.05) is 37.2 Å². The molecule has 3 rings (SSSR count). The summed E-state index contributed by atoms with van der Waals surface area (Å²) in [6.45, 7) is 0. The Morgan fingerprint density at radius 3 is 2.44 bits per heavy atom. The topological polar surface area (TPSA) is 50.2 Å². The van der Waals surface area contributed by atoms with Gasteiger partial charge in [-0.1, -0.05) is 23.2 Å². The van der Waals surface area contributed by atoms with Crippen molar-refractivity contribution in [3.63, 3.8) is 0 Å². The van der Waals surface area contributed by atoms with Crippen LogP contribution in [0.3, 0.4) is 0 Å². The van der Waals surface area contributed by atoms with Crippen molar-refractivity contribution in [2.75, 3.05) is 24.3 Å². The lowest BCUT2D eigenvalue weighted by Crippen LogP contribution is -2.16. The summed E-state index contributed by atoms with van der Waals surface area (Å²) in [6, 6.07) is 12.6. The van der Waals surface area contributed by atoms with E-state index >= 15 is 0 Å². The van der Waals surface area contributed by atoms with Crippen LogP contribution in [0.5, 0.6) is 0 Å². The number of aromatic nitrogens is 2. The first-order valence-corrected chi connectivity index (χ1v) is 8.28. The van der Waals surface area contributed by atoms with Crippen LogP contribution < -0.4 is 10.2 Å². The molecule has 0 aliphatic carbocycles. The summed E-state index contributed by atoms with van der Waals surface area (Å²) in [5, 5.41) is 8.31. The summed E-state index contributed by atoms with van der Waals surface area (Å²) in [7, 11) is 3.80. The predicted octanol–water partition coefficient (Wildman–Crippen LogP) is 4.50. The molecule has 0 fully saturated rings. The Morgan fingerprint density at radius 1 is 1.08 bits per heavy atom. The fraction of sp³-hybridized carbons (Fsp3) is 0.111. The minimum atomic E-state index is -0.259. The zero-order valence-corrected chi connectivity index (χ0v) is 15.2. The monoisotopic (exact) mass is 374 g/mol. The molecule has 0 saturated carbocycles. The van der Waals surface area contributed by atoms with E-state index in [0.29, 0.717) is 21.3 Å². The van der Waals surface area contributed by atoms with Crippen molar-refractivity contribution >= 4 is 40.5 Å². The molecule has 128 valence electrons. The zero-order chi connectivity index (χ0) is 18.0. The molecule has 1 heterocycles. The Bertz CT molecular complexity index is 904. The highest BCUT2D eigenvalue weighted by atomic mass is 35.5. The summed E-state index contributed by atoms with van der Waals surface area (Å²) in [6.07, 6.45) is 3.18. The summed E-state index contributed by atoms with van der Waals surface area (Å²) < 4.78 is 1.62. The van der Waals surface area contributed by atoms with Crippen molar-refractivity contribution < 1.29 is 4.79 Å². The van der Waals surface area contributed by atoms with Crippen molar-refractivity contribution in [2.24, 2.45) is 0 Å². The van der Waals surface area contributed by atoms with Crippen LogP contribution in [0.15, 0.2) is 54.9 Å².